The van der Waals surface area contributed by atoms with Gasteiger partial charge in [-0.15, -0.1) is 15.3 Å². The Morgan fingerprint density at radius 1 is 1.07 bits per heavy atom. The van der Waals surface area contributed by atoms with Crippen molar-refractivity contribution < 1.29 is 14.3 Å². The van der Waals surface area contributed by atoms with E-state index in [9.17, 15) is 4.79 Å². The first kappa shape index (κ1) is 17.0. The number of methoxy groups -OCH3 is 1. The molecule has 2 heterocycles. The molecule has 0 spiro atoms. The van der Waals surface area contributed by atoms with Crippen LogP contribution < -0.4 is 14.8 Å². The first-order valence-electron chi connectivity index (χ1n) is 8.07. The fourth-order valence-corrected chi connectivity index (χ4v) is 3.13. The lowest BCUT2D eigenvalue weighted by atomic mass is 10.2. The Morgan fingerprint density at radius 2 is 1.85 bits per heavy atom. The van der Waals surface area contributed by atoms with Crippen molar-refractivity contribution in [1.82, 2.24) is 19.8 Å². The summed E-state index contributed by atoms with van der Waals surface area (Å²) in [6.45, 7) is 0.223. The Morgan fingerprint density at radius 3 is 2.59 bits per heavy atom. The van der Waals surface area contributed by atoms with E-state index in [0.29, 0.717) is 27.2 Å². The van der Waals surface area contributed by atoms with Crippen LogP contribution in [0, 0.1) is 0 Å². The molecule has 0 fully saturated rings. The van der Waals surface area contributed by atoms with Gasteiger partial charge in [0.1, 0.15) is 18.1 Å². The van der Waals surface area contributed by atoms with E-state index in [1.54, 1.807) is 35.9 Å². The Labute approximate surface area is 158 Å². The van der Waals surface area contributed by atoms with Crippen molar-refractivity contribution in [3.8, 4) is 11.5 Å². The number of carbonyl (C=O) groups is 1. The molecule has 0 saturated heterocycles. The van der Waals surface area contributed by atoms with Crippen molar-refractivity contribution in [1.29, 1.82) is 0 Å². The highest BCUT2D eigenvalue weighted by atomic mass is 32.1. The van der Waals surface area contributed by atoms with Crippen LogP contribution >= 0.6 is 11.3 Å². The maximum atomic E-state index is 12.4. The summed E-state index contributed by atoms with van der Waals surface area (Å²) in [5.41, 5.74) is 0.509. The standard InChI is InChI=1S/C18H15N5O3S/c1-25-13-9-7-12(8-10-13)16(24)19-17-22-23-15(20-21-18(23)27-17)11-26-14-5-3-2-4-6-14/h2-10H,11H2,1H3,(H,19,22,24). The molecule has 9 heteroatoms. The van der Waals surface area contributed by atoms with Crippen LogP contribution in [0.1, 0.15) is 16.2 Å². The van der Waals surface area contributed by atoms with Gasteiger partial charge in [-0.25, -0.2) is 0 Å². The van der Waals surface area contributed by atoms with Crippen molar-refractivity contribution in [3.05, 3.63) is 66.0 Å². The Balaban J connectivity index is 1.47. The molecule has 0 aliphatic heterocycles. The molecule has 0 aliphatic rings. The third kappa shape index (κ3) is 3.72. The quantitative estimate of drug-likeness (QED) is 0.552. The molecule has 0 radical (unpaired) electrons. The van der Waals surface area contributed by atoms with E-state index in [0.717, 1.165) is 5.75 Å². The summed E-state index contributed by atoms with van der Waals surface area (Å²) in [5.74, 6) is 1.71. The number of benzene rings is 2. The lowest BCUT2D eigenvalue weighted by molar-refractivity contribution is 0.102. The van der Waals surface area contributed by atoms with Gasteiger partial charge in [0.25, 0.3) is 5.91 Å². The maximum absolute atomic E-state index is 12.4. The minimum Gasteiger partial charge on any atom is -0.497 e. The van der Waals surface area contributed by atoms with Gasteiger partial charge in [-0.2, -0.15) is 4.52 Å². The molecule has 0 saturated carbocycles. The van der Waals surface area contributed by atoms with Gasteiger partial charge in [0, 0.05) is 5.56 Å². The van der Waals surface area contributed by atoms with Gasteiger partial charge in [0.2, 0.25) is 10.1 Å². The molecular weight excluding hydrogens is 366 g/mol. The number of anilines is 1. The number of fused-ring (bicyclic) bond motifs is 1. The van der Waals surface area contributed by atoms with E-state index < -0.39 is 0 Å². The average molecular weight is 381 g/mol. The van der Waals surface area contributed by atoms with Gasteiger partial charge in [-0.05, 0) is 36.4 Å². The molecule has 2 aromatic heterocycles. The summed E-state index contributed by atoms with van der Waals surface area (Å²) in [5, 5.41) is 15.7. The van der Waals surface area contributed by atoms with E-state index in [1.165, 1.54) is 11.3 Å². The van der Waals surface area contributed by atoms with E-state index >= 15 is 0 Å². The summed E-state index contributed by atoms with van der Waals surface area (Å²) >= 11 is 1.24. The predicted molar refractivity (Wildman–Crippen MR) is 100 cm³/mol. The van der Waals surface area contributed by atoms with Crippen LogP contribution in [0.4, 0.5) is 5.13 Å². The first-order valence-corrected chi connectivity index (χ1v) is 8.89. The van der Waals surface area contributed by atoms with Crippen molar-refractivity contribution in [2.24, 2.45) is 0 Å². The number of nitrogens with zero attached hydrogens (tertiary/aromatic N) is 4. The zero-order valence-corrected chi connectivity index (χ0v) is 15.1. The molecule has 1 N–H and O–H groups in total. The highest BCUT2D eigenvalue weighted by molar-refractivity contribution is 7.20. The van der Waals surface area contributed by atoms with Gasteiger partial charge in [-0.3, -0.25) is 10.1 Å². The van der Waals surface area contributed by atoms with Gasteiger partial charge >= 0.3 is 0 Å². The number of ether oxygens (including phenoxy) is 2. The van der Waals surface area contributed by atoms with Crippen LogP contribution in [0.15, 0.2) is 54.6 Å². The van der Waals surface area contributed by atoms with Crippen LogP contribution in [0.5, 0.6) is 11.5 Å². The molecule has 0 atom stereocenters. The topological polar surface area (TPSA) is 90.6 Å². The Hall–Kier alpha value is -3.46. The van der Waals surface area contributed by atoms with Crippen LogP contribution in [-0.2, 0) is 6.61 Å². The molecular formula is C18H15N5O3S. The summed E-state index contributed by atoms with van der Waals surface area (Å²) in [4.78, 5) is 12.9. The number of rotatable bonds is 6. The maximum Gasteiger partial charge on any atom is 0.257 e. The molecule has 2 aromatic carbocycles. The third-order valence-corrected chi connectivity index (χ3v) is 4.55. The van der Waals surface area contributed by atoms with E-state index in [2.05, 4.69) is 20.6 Å². The van der Waals surface area contributed by atoms with Crippen LogP contribution in [0.3, 0.4) is 0 Å². The summed E-state index contributed by atoms with van der Waals surface area (Å²) < 4.78 is 12.3. The van der Waals surface area contributed by atoms with E-state index in [1.807, 2.05) is 30.3 Å². The van der Waals surface area contributed by atoms with Crippen LogP contribution in [0.25, 0.3) is 4.96 Å². The summed E-state index contributed by atoms with van der Waals surface area (Å²) in [7, 11) is 1.58. The van der Waals surface area contributed by atoms with Gasteiger partial charge in [0.05, 0.1) is 7.11 Å². The average Bonchev–Trinajstić information content (AvgIpc) is 3.27. The largest absolute Gasteiger partial charge is 0.497 e. The lowest BCUT2D eigenvalue weighted by Crippen LogP contribution is -2.12. The highest BCUT2D eigenvalue weighted by Crippen LogP contribution is 2.21. The van der Waals surface area contributed by atoms with Crippen LogP contribution in [-0.4, -0.2) is 32.8 Å². The number of aromatic nitrogens is 4. The second kappa shape index (κ2) is 7.42. The fraction of sp³-hybridized carbons (Fsp3) is 0.111. The molecule has 27 heavy (non-hydrogen) atoms. The van der Waals surface area contributed by atoms with E-state index in [-0.39, 0.29) is 12.5 Å². The number of nitrogens with one attached hydrogen (secondary N) is 1. The summed E-state index contributed by atoms with van der Waals surface area (Å²) in [6, 6.07) is 16.3. The second-order valence-electron chi connectivity index (χ2n) is 5.50. The lowest BCUT2D eigenvalue weighted by Gasteiger charge is -2.03. The second-order valence-corrected chi connectivity index (χ2v) is 6.46. The number of para-hydroxylation sites is 1. The molecule has 1 amide bonds. The Bertz CT molecular complexity index is 1060. The Kier molecular flexibility index (Phi) is 4.67. The van der Waals surface area contributed by atoms with Gasteiger partial charge in [-0.1, -0.05) is 29.5 Å². The van der Waals surface area contributed by atoms with Crippen molar-refractivity contribution in [3.63, 3.8) is 0 Å². The highest BCUT2D eigenvalue weighted by Gasteiger charge is 2.15. The normalized spacial score (nSPS) is 10.7. The smallest absolute Gasteiger partial charge is 0.257 e. The first-order chi connectivity index (χ1) is 13.2. The van der Waals surface area contributed by atoms with Crippen molar-refractivity contribution in [2.75, 3.05) is 12.4 Å². The number of hydrogen-bond acceptors (Lipinski definition) is 7. The minimum atomic E-state index is -0.260. The molecule has 4 rings (SSSR count). The number of hydrogen-bond donors (Lipinski definition) is 1. The molecule has 0 bridgehead atoms. The van der Waals surface area contributed by atoms with Crippen molar-refractivity contribution in [2.45, 2.75) is 6.61 Å². The van der Waals surface area contributed by atoms with Gasteiger partial charge in [0.15, 0.2) is 5.82 Å². The molecule has 8 nitrogen and oxygen atoms in total. The SMILES string of the molecule is COc1ccc(C(=O)Nc2nn3c(COc4ccccc4)nnc3s2)cc1. The van der Waals surface area contributed by atoms with Crippen LogP contribution in [0.2, 0.25) is 0 Å². The van der Waals surface area contributed by atoms with E-state index in [4.69, 9.17) is 9.47 Å². The number of amides is 1. The number of carbonyl (C=O) groups excluding carboxylic acids is 1. The molecule has 0 aliphatic carbocycles. The minimum absolute atomic E-state index is 0.223. The molecule has 136 valence electrons. The molecule has 4 aromatic rings. The zero-order chi connectivity index (χ0) is 18.6. The third-order valence-electron chi connectivity index (χ3n) is 3.74. The monoisotopic (exact) mass is 381 g/mol. The predicted octanol–water partition coefficient (Wildman–Crippen LogP) is 3.03. The fourth-order valence-electron chi connectivity index (χ4n) is 2.37. The zero-order valence-electron chi connectivity index (χ0n) is 14.3. The molecule has 0 unspecified atom stereocenters. The van der Waals surface area contributed by atoms with Crippen molar-refractivity contribution >= 4 is 27.3 Å². The van der Waals surface area contributed by atoms with Gasteiger partial charge < -0.3 is 9.47 Å². The summed E-state index contributed by atoms with van der Waals surface area (Å²) in [6.07, 6.45) is 0.